The average Bonchev–Trinajstić information content (AvgIpc) is 2.45. The van der Waals surface area contributed by atoms with Crippen LogP contribution in [0.2, 0.25) is 0 Å². The zero-order valence-corrected chi connectivity index (χ0v) is 11.1. The third kappa shape index (κ3) is 2.63. The molecule has 0 saturated heterocycles. The first kappa shape index (κ1) is 14.4. The Labute approximate surface area is 115 Å². The molecule has 0 aromatic heterocycles. The van der Waals surface area contributed by atoms with E-state index in [4.69, 9.17) is 4.74 Å². The van der Waals surface area contributed by atoms with E-state index in [0.29, 0.717) is 5.75 Å². The molecule has 0 bridgehead atoms. The molecule has 0 heterocycles. The molecule has 2 nitrogen and oxygen atoms in total. The molecule has 2 aromatic carbocycles. The minimum Gasteiger partial charge on any atom is -0.497 e. The largest absolute Gasteiger partial charge is 0.497 e. The van der Waals surface area contributed by atoms with Gasteiger partial charge in [0.05, 0.1) is 13.2 Å². The second-order valence-corrected chi connectivity index (χ2v) is 4.25. The highest BCUT2D eigenvalue weighted by atomic mass is 19.2. The number of hydrogen-bond donors (Lipinski definition) is 1. The van der Waals surface area contributed by atoms with Crippen molar-refractivity contribution in [3.05, 3.63) is 65.0 Å². The van der Waals surface area contributed by atoms with Gasteiger partial charge in [-0.1, -0.05) is 18.2 Å². The first-order valence-electron chi connectivity index (χ1n) is 6.03. The average molecular weight is 281 g/mol. The van der Waals surface area contributed by atoms with Gasteiger partial charge in [-0.05, 0) is 19.2 Å². The fourth-order valence-electron chi connectivity index (χ4n) is 2.09. The zero-order chi connectivity index (χ0) is 14.7. The van der Waals surface area contributed by atoms with Gasteiger partial charge < -0.3 is 10.1 Å². The van der Waals surface area contributed by atoms with Gasteiger partial charge in [-0.2, -0.15) is 0 Å². The highest BCUT2D eigenvalue weighted by Gasteiger charge is 2.21. The maximum atomic E-state index is 14.1. The summed E-state index contributed by atoms with van der Waals surface area (Å²) < 4.78 is 46.1. The van der Waals surface area contributed by atoms with Crippen LogP contribution in [0.3, 0.4) is 0 Å². The van der Waals surface area contributed by atoms with Crippen LogP contribution in [0.25, 0.3) is 0 Å². The van der Waals surface area contributed by atoms with E-state index in [1.54, 1.807) is 13.1 Å². The minimum atomic E-state index is -0.984. The Bertz CT molecular complexity index is 616. The van der Waals surface area contributed by atoms with Crippen molar-refractivity contribution < 1.29 is 17.9 Å². The molecule has 1 atom stereocenters. The van der Waals surface area contributed by atoms with E-state index in [1.807, 2.05) is 0 Å². The van der Waals surface area contributed by atoms with E-state index >= 15 is 0 Å². The minimum absolute atomic E-state index is 0.0524. The molecule has 2 aromatic rings. The third-order valence-corrected chi connectivity index (χ3v) is 3.10. The molecule has 0 saturated carbocycles. The van der Waals surface area contributed by atoms with E-state index in [2.05, 4.69) is 5.32 Å². The molecule has 1 unspecified atom stereocenters. The molecule has 0 aliphatic carbocycles. The van der Waals surface area contributed by atoms with Gasteiger partial charge in [-0.3, -0.25) is 0 Å². The smallest absolute Gasteiger partial charge is 0.163 e. The van der Waals surface area contributed by atoms with E-state index < -0.39 is 23.5 Å². The van der Waals surface area contributed by atoms with Gasteiger partial charge >= 0.3 is 0 Å². The number of hydrogen-bond acceptors (Lipinski definition) is 2. The van der Waals surface area contributed by atoms with Crippen molar-refractivity contribution in [2.75, 3.05) is 14.2 Å². The van der Waals surface area contributed by atoms with Gasteiger partial charge in [0, 0.05) is 17.2 Å². The maximum Gasteiger partial charge on any atom is 0.163 e. The fourth-order valence-corrected chi connectivity index (χ4v) is 2.09. The Morgan fingerprint density at radius 3 is 2.35 bits per heavy atom. The molecular weight excluding hydrogens is 267 g/mol. The van der Waals surface area contributed by atoms with Crippen molar-refractivity contribution in [2.24, 2.45) is 0 Å². The van der Waals surface area contributed by atoms with Crippen molar-refractivity contribution in [3.8, 4) is 5.75 Å². The standard InChI is InChI=1S/C15H14F3NO/c1-19-15(11-4-3-5-12(16)14(11)18)10-7-6-9(20-2)8-13(10)17/h3-8,15,19H,1-2H3. The Hall–Kier alpha value is -2.01. The summed E-state index contributed by atoms with van der Waals surface area (Å²) in [5.74, 6) is -2.13. The highest BCUT2D eigenvalue weighted by Crippen LogP contribution is 2.29. The predicted octanol–water partition coefficient (Wildman–Crippen LogP) is 3.42. The first-order chi connectivity index (χ1) is 9.58. The van der Waals surface area contributed by atoms with Crippen molar-refractivity contribution in [3.63, 3.8) is 0 Å². The number of ether oxygens (including phenoxy) is 1. The Balaban J connectivity index is 2.50. The van der Waals surface area contributed by atoms with Crippen LogP contribution in [0.5, 0.6) is 5.75 Å². The normalized spacial score (nSPS) is 12.2. The van der Waals surface area contributed by atoms with Crippen molar-refractivity contribution >= 4 is 0 Å². The number of benzene rings is 2. The molecule has 0 fully saturated rings. The summed E-state index contributed by atoms with van der Waals surface area (Å²) in [6, 6.07) is 7.31. The lowest BCUT2D eigenvalue weighted by molar-refractivity contribution is 0.410. The van der Waals surface area contributed by atoms with E-state index in [0.717, 1.165) is 6.07 Å². The molecule has 0 amide bonds. The molecule has 0 aliphatic rings. The summed E-state index contributed by atoms with van der Waals surface area (Å²) in [6.07, 6.45) is 0. The van der Waals surface area contributed by atoms with Crippen molar-refractivity contribution in [1.82, 2.24) is 5.32 Å². The van der Waals surface area contributed by atoms with Gasteiger partial charge in [0.25, 0.3) is 0 Å². The number of halogens is 3. The van der Waals surface area contributed by atoms with Crippen molar-refractivity contribution in [2.45, 2.75) is 6.04 Å². The maximum absolute atomic E-state index is 14.1. The molecule has 0 aliphatic heterocycles. The van der Waals surface area contributed by atoms with Crippen LogP contribution in [-0.2, 0) is 0 Å². The second kappa shape index (κ2) is 5.96. The van der Waals surface area contributed by atoms with Crippen LogP contribution in [0, 0.1) is 17.5 Å². The molecule has 106 valence electrons. The van der Waals surface area contributed by atoms with Crippen LogP contribution in [0.4, 0.5) is 13.2 Å². The van der Waals surface area contributed by atoms with Crippen molar-refractivity contribution in [1.29, 1.82) is 0 Å². The van der Waals surface area contributed by atoms with E-state index in [1.165, 1.54) is 31.4 Å². The molecule has 5 heteroatoms. The molecular formula is C15H14F3NO. The van der Waals surface area contributed by atoms with Crippen LogP contribution in [-0.4, -0.2) is 14.2 Å². The van der Waals surface area contributed by atoms with Crippen LogP contribution < -0.4 is 10.1 Å². The zero-order valence-electron chi connectivity index (χ0n) is 11.1. The predicted molar refractivity (Wildman–Crippen MR) is 70.2 cm³/mol. The fraction of sp³-hybridized carbons (Fsp3) is 0.200. The van der Waals surface area contributed by atoms with E-state index in [9.17, 15) is 13.2 Å². The third-order valence-electron chi connectivity index (χ3n) is 3.10. The number of nitrogens with one attached hydrogen (secondary N) is 1. The number of methoxy groups -OCH3 is 1. The summed E-state index contributed by atoms with van der Waals surface area (Å²) in [5.41, 5.74) is 0.273. The van der Waals surface area contributed by atoms with E-state index in [-0.39, 0.29) is 11.1 Å². The van der Waals surface area contributed by atoms with Gasteiger partial charge in [0.2, 0.25) is 0 Å². The van der Waals surface area contributed by atoms with Crippen LogP contribution in [0.1, 0.15) is 17.2 Å². The van der Waals surface area contributed by atoms with Crippen LogP contribution in [0.15, 0.2) is 36.4 Å². The lowest BCUT2D eigenvalue weighted by atomic mass is 9.97. The Kier molecular flexibility index (Phi) is 4.29. The lowest BCUT2D eigenvalue weighted by Crippen LogP contribution is -2.20. The molecule has 0 spiro atoms. The summed E-state index contributed by atoms with van der Waals surface area (Å²) in [4.78, 5) is 0. The second-order valence-electron chi connectivity index (χ2n) is 4.25. The molecule has 2 rings (SSSR count). The van der Waals surface area contributed by atoms with Gasteiger partial charge in [-0.25, -0.2) is 13.2 Å². The van der Waals surface area contributed by atoms with Crippen LogP contribution >= 0.6 is 0 Å². The highest BCUT2D eigenvalue weighted by molar-refractivity contribution is 5.37. The summed E-state index contributed by atoms with van der Waals surface area (Å²) in [6.45, 7) is 0. The SMILES string of the molecule is CNC(c1ccc(OC)cc1F)c1cccc(F)c1F. The molecule has 0 radical (unpaired) electrons. The number of rotatable bonds is 4. The first-order valence-corrected chi connectivity index (χ1v) is 6.03. The Morgan fingerprint density at radius 2 is 1.75 bits per heavy atom. The summed E-state index contributed by atoms with van der Waals surface area (Å²) in [5, 5.41) is 2.79. The van der Waals surface area contributed by atoms with Gasteiger partial charge in [0.15, 0.2) is 11.6 Å². The molecule has 1 N–H and O–H groups in total. The van der Waals surface area contributed by atoms with Gasteiger partial charge in [-0.15, -0.1) is 0 Å². The monoisotopic (exact) mass is 281 g/mol. The molecule has 20 heavy (non-hydrogen) atoms. The Morgan fingerprint density at radius 1 is 1.00 bits per heavy atom. The summed E-state index contributed by atoms with van der Waals surface area (Å²) in [7, 11) is 2.98. The summed E-state index contributed by atoms with van der Waals surface area (Å²) >= 11 is 0. The quantitative estimate of drug-likeness (QED) is 0.927. The topological polar surface area (TPSA) is 21.3 Å². The van der Waals surface area contributed by atoms with Gasteiger partial charge in [0.1, 0.15) is 11.6 Å². The lowest BCUT2D eigenvalue weighted by Gasteiger charge is -2.19.